The van der Waals surface area contributed by atoms with Crippen LogP contribution in [0.2, 0.25) is 5.02 Å². The van der Waals surface area contributed by atoms with Crippen LogP contribution in [0.3, 0.4) is 0 Å². The van der Waals surface area contributed by atoms with Gasteiger partial charge in [-0.15, -0.1) is 0 Å². The number of carbonyl (C=O) groups excluding carboxylic acids is 2. The van der Waals surface area contributed by atoms with Gasteiger partial charge in [-0.05, 0) is 61.7 Å². The predicted octanol–water partition coefficient (Wildman–Crippen LogP) is 5.09. The smallest absolute Gasteiger partial charge is 0.253 e. The standard InChI is InChI=1S/C27H28ClN3O4/c1-2-34-23-7-3-4-8-24(23)35-25-14-9-19(16-29-25)17-30-26(32)21-6-5-15-31(18-21)27(33)20-10-12-22(28)13-11-20/h3-4,7-14,16,21H,2,5-6,15,17-18H2,1H3,(H,30,32). The number of hydrogen-bond donors (Lipinski definition) is 1. The number of pyridine rings is 1. The molecule has 0 aliphatic carbocycles. The third-order valence-electron chi connectivity index (χ3n) is 5.80. The number of para-hydroxylation sites is 2. The van der Waals surface area contributed by atoms with E-state index in [1.807, 2.05) is 37.3 Å². The predicted molar refractivity (Wildman–Crippen MR) is 134 cm³/mol. The molecule has 0 spiro atoms. The van der Waals surface area contributed by atoms with Crippen molar-refractivity contribution in [2.45, 2.75) is 26.3 Å². The van der Waals surface area contributed by atoms with Gasteiger partial charge in [-0.3, -0.25) is 9.59 Å². The van der Waals surface area contributed by atoms with Gasteiger partial charge in [0, 0.05) is 42.5 Å². The fourth-order valence-corrected chi connectivity index (χ4v) is 4.11. The number of piperidine rings is 1. The molecule has 3 aromatic rings. The number of aromatic nitrogens is 1. The molecule has 4 rings (SSSR count). The summed E-state index contributed by atoms with van der Waals surface area (Å²) >= 11 is 5.92. The van der Waals surface area contributed by atoms with Crippen LogP contribution in [-0.4, -0.2) is 41.4 Å². The lowest BCUT2D eigenvalue weighted by atomic mass is 9.96. The average molecular weight is 494 g/mol. The molecule has 2 aromatic carbocycles. The molecule has 0 saturated carbocycles. The van der Waals surface area contributed by atoms with E-state index in [4.69, 9.17) is 21.1 Å². The molecule has 2 heterocycles. The van der Waals surface area contributed by atoms with E-state index in [0.717, 1.165) is 18.4 Å². The zero-order valence-electron chi connectivity index (χ0n) is 19.6. The number of nitrogens with one attached hydrogen (secondary N) is 1. The Morgan fingerprint density at radius 2 is 1.86 bits per heavy atom. The topological polar surface area (TPSA) is 80.8 Å². The van der Waals surface area contributed by atoms with E-state index in [-0.39, 0.29) is 17.7 Å². The molecule has 7 nitrogen and oxygen atoms in total. The first-order valence-electron chi connectivity index (χ1n) is 11.7. The zero-order chi connectivity index (χ0) is 24.6. The molecular weight excluding hydrogens is 466 g/mol. The molecule has 182 valence electrons. The molecule has 1 aliphatic heterocycles. The SMILES string of the molecule is CCOc1ccccc1Oc1ccc(CNC(=O)C2CCCN(C(=O)c3ccc(Cl)cc3)C2)cn1. The summed E-state index contributed by atoms with van der Waals surface area (Å²) in [5, 5.41) is 3.56. The van der Waals surface area contributed by atoms with Crippen molar-refractivity contribution >= 4 is 23.4 Å². The number of carbonyl (C=O) groups is 2. The van der Waals surface area contributed by atoms with Gasteiger partial charge in [0.25, 0.3) is 5.91 Å². The molecule has 1 aromatic heterocycles. The third-order valence-corrected chi connectivity index (χ3v) is 6.05. The second-order valence-corrected chi connectivity index (χ2v) is 8.74. The van der Waals surface area contributed by atoms with Crippen LogP contribution in [0.15, 0.2) is 66.9 Å². The van der Waals surface area contributed by atoms with E-state index in [2.05, 4.69) is 10.3 Å². The first-order valence-corrected chi connectivity index (χ1v) is 12.1. The summed E-state index contributed by atoms with van der Waals surface area (Å²) in [6.07, 6.45) is 3.21. The Hall–Kier alpha value is -3.58. The van der Waals surface area contributed by atoms with E-state index >= 15 is 0 Å². The Morgan fingerprint density at radius 1 is 1.09 bits per heavy atom. The lowest BCUT2D eigenvalue weighted by Gasteiger charge is -2.32. The van der Waals surface area contributed by atoms with Crippen LogP contribution in [0.4, 0.5) is 0 Å². The number of ether oxygens (including phenoxy) is 2. The molecule has 2 amide bonds. The van der Waals surface area contributed by atoms with Crippen molar-refractivity contribution in [3.05, 3.63) is 83.0 Å². The normalized spacial score (nSPS) is 15.4. The van der Waals surface area contributed by atoms with Gasteiger partial charge in [-0.2, -0.15) is 0 Å². The molecule has 0 bridgehead atoms. The molecule has 0 radical (unpaired) electrons. The highest BCUT2D eigenvalue weighted by Crippen LogP contribution is 2.30. The maximum Gasteiger partial charge on any atom is 0.253 e. The summed E-state index contributed by atoms with van der Waals surface area (Å²) in [7, 11) is 0. The summed E-state index contributed by atoms with van der Waals surface area (Å²) in [6, 6.07) is 17.9. The van der Waals surface area contributed by atoms with E-state index in [1.54, 1.807) is 41.4 Å². The first kappa shape index (κ1) is 24.5. The Bertz CT molecular complexity index is 1150. The summed E-state index contributed by atoms with van der Waals surface area (Å²) in [5.74, 6) is 1.30. The van der Waals surface area contributed by atoms with Crippen LogP contribution in [0.1, 0.15) is 35.7 Å². The fraction of sp³-hybridized carbons (Fsp3) is 0.296. The van der Waals surface area contributed by atoms with E-state index < -0.39 is 0 Å². The van der Waals surface area contributed by atoms with Gasteiger partial charge in [0.05, 0.1) is 12.5 Å². The van der Waals surface area contributed by atoms with Crippen molar-refractivity contribution in [1.29, 1.82) is 0 Å². The first-order chi connectivity index (χ1) is 17.0. The maximum atomic E-state index is 12.8. The molecule has 35 heavy (non-hydrogen) atoms. The van der Waals surface area contributed by atoms with Crippen LogP contribution < -0.4 is 14.8 Å². The number of benzene rings is 2. The highest BCUT2D eigenvalue weighted by atomic mass is 35.5. The van der Waals surface area contributed by atoms with Crippen LogP contribution >= 0.6 is 11.6 Å². The highest BCUT2D eigenvalue weighted by Gasteiger charge is 2.28. The number of amides is 2. The van der Waals surface area contributed by atoms with Crippen molar-refractivity contribution < 1.29 is 19.1 Å². The molecule has 1 saturated heterocycles. The van der Waals surface area contributed by atoms with Gasteiger partial charge in [0.2, 0.25) is 11.8 Å². The molecule has 1 unspecified atom stereocenters. The van der Waals surface area contributed by atoms with Gasteiger partial charge < -0.3 is 19.7 Å². The van der Waals surface area contributed by atoms with Crippen molar-refractivity contribution in [3.8, 4) is 17.4 Å². The minimum Gasteiger partial charge on any atom is -0.490 e. The second-order valence-electron chi connectivity index (χ2n) is 8.30. The molecule has 1 atom stereocenters. The fourth-order valence-electron chi connectivity index (χ4n) is 3.98. The molecular formula is C27H28ClN3O4. The Balaban J connectivity index is 1.29. The van der Waals surface area contributed by atoms with Crippen LogP contribution in [0, 0.1) is 5.92 Å². The van der Waals surface area contributed by atoms with E-state index in [0.29, 0.717) is 54.2 Å². The van der Waals surface area contributed by atoms with E-state index in [1.165, 1.54) is 0 Å². The highest BCUT2D eigenvalue weighted by molar-refractivity contribution is 6.30. The minimum absolute atomic E-state index is 0.0652. The second kappa shape index (κ2) is 11.7. The average Bonchev–Trinajstić information content (AvgIpc) is 2.89. The van der Waals surface area contributed by atoms with Crippen molar-refractivity contribution in [2.24, 2.45) is 5.92 Å². The lowest BCUT2D eigenvalue weighted by Crippen LogP contribution is -2.45. The Labute approximate surface area is 210 Å². The van der Waals surface area contributed by atoms with Crippen LogP contribution in [0.25, 0.3) is 0 Å². The number of hydrogen-bond acceptors (Lipinski definition) is 5. The third kappa shape index (κ3) is 6.51. The maximum absolute atomic E-state index is 12.8. The van der Waals surface area contributed by atoms with Gasteiger partial charge in [-0.25, -0.2) is 4.98 Å². The molecule has 1 N–H and O–H groups in total. The van der Waals surface area contributed by atoms with Gasteiger partial charge in [0.1, 0.15) is 0 Å². The van der Waals surface area contributed by atoms with Crippen molar-refractivity contribution in [1.82, 2.24) is 15.2 Å². The van der Waals surface area contributed by atoms with Gasteiger partial charge in [-0.1, -0.05) is 29.8 Å². The lowest BCUT2D eigenvalue weighted by molar-refractivity contribution is -0.126. The summed E-state index contributed by atoms with van der Waals surface area (Å²) < 4.78 is 11.4. The molecule has 1 fully saturated rings. The number of likely N-dealkylation sites (tertiary alicyclic amines) is 1. The number of halogens is 1. The summed E-state index contributed by atoms with van der Waals surface area (Å²) in [6.45, 7) is 3.85. The quantitative estimate of drug-likeness (QED) is 0.472. The number of rotatable bonds is 8. The Kier molecular flexibility index (Phi) is 8.21. The van der Waals surface area contributed by atoms with Crippen LogP contribution in [-0.2, 0) is 11.3 Å². The molecule has 1 aliphatic rings. The summed E-state index contributed by atoms with van der Waals surface area (Å²) in [4.78, 5) is 31.7. The Morgan fingerprint density at radius 3 is 2.57 bits per heavy atom. The largest absolute Gasteiger partial charge is 0.490 e. The monoisotopic (exact) mass is 493 g/mol. The van der Waals surface area contributed by atoms with E-state index in [9.17, 15) is 9.59 Å². The van der Waals surface area contributed by atoms with Crippen molar-refractivity contribution in [3.63, 3.8) is 0 Å². The molecule has 8 heteroatoms. The summed E-state index contributed by atoms with van der Waals surface area (Å²) in [5.41, 5.74) is 1.43. The van der Waals surface area contributed by atoms with Crippen LogP contribution in [0.5, 0.6) is 17.4 Å². The van der Waals surface area contributed by atoms with Crippen molar-refractivity contribution in [2.75, 3.05) is 19.7 Å². The van der Waals surface area contributed by atoms with Gasteiger partial charge >= 0.3 is 0 Å². The van der Waals surface area contributed by atoms with Gasteiger partial charge in [0.15, 0.2) is 11.5 Å². The number of nitrogens with zero attached hydrogens (tertiary/aromatic N) is 2. The zero-order valence-corrected chi connectivity index (χ0v) is 20.3. The minimum atomic E-state index is -0.245.